The maximum atomic E-state index is 11.4. The normalized spacial score (nSPS) is 10.2. The molecular weight excluding hydrogens is 172 g/mol. The van der Waals surface area contributed by atoms with Crippen molar-refractivity contribution in [2.75, 3.05) is 0 Å². The van der Waals surface area contributed by atoms with Gasteiger partial charge in [-0.05, 0) is 31.4 Å². The van der Waals surface area contributed by atoms with E-state index in [4.69, 9.17) is 0 Å². The van der Waals surface area contributed by atoms with Crippen LogP contribution in [0, 0.1) is 13.8 Å². The largest absolute Gasteiger partial charge is 0.299 e. The maximum absolute atomic E-state index is 11.4. The van der Waals surface area contributed by atoms with E-state index < -0.39 is 0 Å². The molecule has 76 valence electrons. The van der Waals surface area contributed by atoms with E-state index in [1.165, 1.54) is 16.7 Å². The monoisotopic (exact) mass is 190 g/mol. The second kappa shape index (κ2) is 4.94. The summed E-state index contributed by atoms with van der Waals surface area (Å²) in [7, 11) is 0. The van der Waals surface area contributed by atoms with Crippen molar-refractivity contribution >= 4 is 5.78 Å². The fourth-order valence-electron chi connectivity index (χ4n) is 1.62. The lowest BCUT2D eigenvalue weighted by molar-refractivity contribution is -0.118. The summed E-state index contributed by atoms with van der Waals surface area (Å²) in [6.07, 6.45) is 2.25. The predicted octanol–water partition coefficient (Wildman–Crippen LogP) is 3.22. The van der Waals surface area contributed by atoms with E-state index in [1.807, 2.05) is 6.92 Å². The van der Waals surface area contributed by atoms with Crippen molar-refractivity contribution in [2.45, 2.75) is 40.0 Å². The first-order chi connectivity index (χ1) is 6.63. The molecule has 0 heterocycles. The van der Waals surface area contributed by atoms with Gasteiger partial charge in [0, 0.05) is 12.8 Å². The summed E-state index contributed by atoms with van der Waals surface area (Å²) in [5.41, 5.74) is 3.66. The second-order valence-corrected chi connectivity index (χ2v) is 3.90. The molecule has 0 aromatic heterocycles. The molecule has 0 unspecified atom stereocenters. The van der Waals surface area contributed by atoms with Gasteiger partial charge in [0.1, 0.15) is 5.78 Å². The van der Waals surface area contributed by atoms with Gasteiger partial charge < -0.3 is 0 Å². The van der Waals surface area contributed by atoms with E-state index in [9.17, 15) is 4.79 Å². The number of rotatable bonds is 4. The summed E-state index contributed by atoms with van der Waals surface area (Å²) < 4.78 is 0. The van der Waals surface area contributed by atoms with E-state index in [1.54, 1.807) is 0 Å². The standard InChI is InChI=1S/C13H18O/c1-4-5-13(14)9-12-7-6-10(2)8-11(12)3/h6-8H,4-5,9H2,1-3H3. The van der Waals surface area contributed by atoms with Gasteiger partial charge >= 0.3 is 0 Å². The van der Waals surface area contributed by atoms with E-state index in [-0.39, 0.29) is 0 Å². The first-order valence-electron chi connectivity index (χ1n) is 5.21. The number of hydrogen-bond acceptors (Lipinski definition) is 1. The Bertz CT molecular complexity index is 326. The third-order valence-corrected chi connectivity index (χ3v) is 2.41. The average Bonchev–Trinajstić information content (AvgIpc) is 2.10. The first-order valence-corrected chi connectivity index (χ1v) is 5.21. The molecule has 1 nitrogen and oxygen atoms in total. The van der Waals surface area contributed by atoms with Crippen molar-refractivity contribution in [3.63, 3.8) is 0 Å². The predicted molar refractivity (Wildman–Crippen MR) is 59.5 cm³/mol. The second-order valence-electron chi connectivity index (χ2n) is 3.90. The summed E-state index contributed by atoms with van der Waals surface area (Å²) in [5, 5.41) is 0. The quantitative estimate of drug-likeness (QED) is 0.712. The van der Waals surface area contributed by atoms with Gasteiger partial charge in [-0.15, -0.1) is 0 Å². The van der Waals surface area contributed by atoms with Crippen molar-refractivity contribution in [2.24, 2.45) is 0 Å². The van der Waals surface area contributed by atoms with E-state index in [0.717, 1.165) is 6.42 Å². The molecule has 0 aliphatic rings. The molecule has 1 aromatic rings. The molecule has 0 fully saturated rings. The molecule has 0 bridgehead atoms. The zero-order valence-corrected chi connectivity index (χ0v) is 9.26. The van der Waals surface area contributed by atoms with E-state index in [0.29, 0.717) is 18.6 Å². The molecule has 0 spiro atoms. The van der Waals surface area contributed by atoms with Crippen LogP contribution in [0.4, 0.5) is 0 Å². The molecule has 0 atom stereocenters. The molecule has 0 aliphatic heterocycles. The molecule has 1 aromatic carbocycles. The van der Waals surface area contributed by atoms with Crippen LogP contribution in [0.15, 0.2) is 18.2 Å². The van der Waals surface area contributed by atoms with Gasteiger partial charge in [-0.1, -0.05) is 30.7 Å². The first kappa shape index (κ1) is 11.0. The summed E-state index contributed by atoms with van der Waals surface area (Å²) in [6, 6.07) is 6.27. The van der Waals surface area contributed by atoms with Crippen LogP contribution in [0.3, 0.4) is 0 Å². The molecular formula is C13H18O. The van der Waals surface area contributed by atoms with Crippen LogP contribution in [0.5, 0.6) is 0 Å². The Labute approximate surface area is 86.1 Å². The number of aryl methyl sites for hydroxylation is 2. The third-order valence-electron chi connectivity index (χ3n) is 2.41. The minimum atomic E-state index is 0.347. The van der Waals surface area contributed by atoms with Crippen LogP contribution in [-0.2, 0) is 11.2 Å². The summed E-state index contributed by atoms with van der Waals surface area (Å²) in [5.74, 6) is 0.347. The minimum absolute atomic E-state index is 0.347. The Morgan fingerprint density at radius 3 is 2.57 bits per heavy atom. The third kappa shape index (κ3) is 2.99. The highest BCUT2D eigenvalue weighted by atomic mass is 16.1. The Morgan fingerprint density at radius 2 is 2.00 bits per heavy atom. The smallest absolute Gasteiger partial charge is 0.137 e. The highest BCUT2D eigenvalue weighted by Gasteiger charge is 2.04. The van der Waals surface area contributed by atoms with Gasteiger partial charge in [0.2, 0.25) is 0 Å². The van der Waals surface area contributed by atoms with Crippen LogP contribution in [-0.4, -0.2) is 5.78 Å². The van der Waals surface area contributed by atoms with Crippen molar-refractivity contribution in [3.05, 3.63) is 34.9 Å². The summed E-state index contributed by atoms with van der Waals surface area (Å²) >= 11 is 0. The number of benzene rings is 1. The number of hydrogen-bond donors (Lipinski definition) is 0. The molecule has 1 heteroatoms. The summed E-state index contributed by atoms with van der Waals surface area (Å²) in [6.45, 7) is 6.19. The van der Waals surface area contributed by atoms with Crippen LogP contribution < -0.4 is 0 Å². The van der Waals surface area contributed by atoms with Gasteiger partial charge in [0.05, 0.1) is 0 Å². The SMILES string of the molecule is CCCC(=O)Cc1ccc(C)cc1C. The Kier molecular flexibility index (Phi) is 3.87. The van der Waals surface area contributed by atoms with Crippen LogP contribution in [0.25, 0.3) is 0 Å². The van der Waals surface area contributed by atoms with E-state index in [2.05, 4.69) is 32.0 Å². The topological polar surface area (TPSA) is 17.1 Å². The van der Waals surface area contributed by atoms with Crippen molar-refractivity contribution < 1.29 is 4.79 Å². The van der Waals surface area contributed by atoms with E-state index >= 15 is 0 Å². The van der Waals surface area contributed by atoms with Crippen molar-refractivity contribution in [1.29, 1.82) is 0 Å². The lowest BCUT2D eigenvalue weighted by Gasteiger charge is -2.05. The summed E-state index contributed by atoms with van der Waals surface area (Å²) in [4.78, 5) is 11.4. The number of ketones is 1. The van der Waals surface area contributed by atoms with Gasteiger partial charge in [-0.3, -0.25) is 4.79 Å². The van der Waals surface area contributed by atoms with Crippen molar-refractivity contribution in [1.82, 2.24) is 0 Å². The van der Waals surface area contributed by atoms with Crippen LogP contribution >= 0.6 is 0 Å². The van der Waals surface area contributed by atoms with Crippen molar-refractivity contribution in [3.8, 4) is 0 Å². The fourth-order valence-corrected chi connectivity index (χ4v) is 1.62. The van der Waals surface area contributed by atoms with Gasteiger partial charge in [0.25, 0.3) is 0 Å². The Morgan fingerprint density at radius 1 is 1.29 bits per heavy atom. The Hall–Kier alpha value is -1.11. The van der Waals surface area contributed by atoms with Gasteiger partial charge in [-0.25, -0.2) is 0 Å². The van der Waals surface area contributed by atoms with Gasteiger partial charge in [0.15, 0.2) is 0 Å². The molecule has 0 aliphatic carbocycles. The highest BCUT2D eigenvalue weighted by Crippen LogP contribution is 2.12. The Balaban J connectivity index is 2.72. The molecule has 0 saturated carbocycles. The average molecular weight is 190 g/mol. The number of carbonyl (C=O) groups excluding carboxylic acids is 1. The number of carbonyl (C=O) groups is 1. The molecule has 14 heavy (non-hydrogen) atoms. The minimum Gasteiger partial charge on any atom is -0.299 e. The zero-order chi connectivity index (χ0) is 10.6. The fraction of sp³-hybridized carbons (Fsp3) is 0.462. The molecule has 1 rings (SSSR count). The molecule has 0 N–H and O–H groups in total. The van der Waals surface area contributed by atoms with Crippen LogP contribution in [0.2, 0.25) is 0 Å². The molecule has 0 radical (unpaired) electrons. The van der Waals surface area contributed by atoms with Crippen LogP contribution in [0.1, 0.15) is 36.5 Å². The molecule has 0 amide bonds. The highest BCUT2D eigenvalue weighted by molar-refractivity contribution is 5.81. The lowest BCUT2D eigenvalue weighted by Crippen LogP contribution is -2.03. The van der Waals surface area contributed by atoms with Gasteiger partial charge in [-0.2, -0.15) is 0 Å². The maximum Gasteiger partial charge on any atom is 0.137 e. The number of Topliss-reactive ketones (excluding diaryl/α,β-unsaturated/α-hetero) is 1. The lowest BCUT2D eigenvalue weighted by atomic mass is 10.00. The zero-order valence-electron chi connectivity index (χ0n) is 9.26. The molecule has 0 saturated heterocycles.